The number of aryl methyl sites for hydroxylation is 1. The second kappa shape index (κ2) is 9.71. The molecule has 2 aromatic heterocycles. The van der Waals surface area contributed by atoms with Crippen LogP contribution in [-0.2, 0) is 17.5 Å². The number of hydrogen-bond acceptors (Lipinski definition) is 5. The summed E-state index contributed by atoms with van der Waals surface area (Å²) < 4.78 is 43.0. The van der Waals surface area contributed by atoms with E-state index in [4.69, 9.17) is 0 Å². The summed E-state index contributed by atoms with van der Waals surface area (Å²) in [5, 5.41) is 11.2. The molecule has 0 saturated heterocycles. The highest BCUT2D eigenvalue weighted by Crippen LogP contribution is 2.33. The molecule has 182 valence electrons. The van der Waals surface area contributed by atoms with Crippen molar-refractivity contribution in [1.29, 1.82) is 0 Å². The van der Waals surface area contributed by atoms with Crippen LogP contribution >= 0.6 is 0 Å². The van der Waals surface area contributed by atoms with Crippen LogP contribution in [0.4, 0.5) is 18.9 Å². The third kappa shape index (κ3) is 5.40. The van der Waals surface area contributed by atoms with Crippen molar-refractivity contribution in [3.8, 4) is 11.4 Å². The molecule has 0 radical (unpaired) electrons. The van der Waals surface area contributed by atoms with Crippen LogP contribution < -0.4 is 5.32 Å². The highest BCUT2D eigenvalue weighted by Gasteiger charge is 2.31. The zero-order chi connectivity index (χ0) is 25.2. The maximum Gasteiger partial charge on any atom is 0.416 e. The largest absolute Gasteiger partial charge is 0.416 e. The first-order valence-electron chi connectivity index (χ1n) is 10.8. The molecule has 35 heavy (non-hydrogen) atoms. The Morgan fingerprint density at radius 2 is 1.86 bits per heavy atom. The van der Waals surface area contributed by atoms with Crippen LogP contribution in [0.25, 0.3) is 11.4 Å². The number of nitrogens with zero attached hydrogens (tertiary/aromatic N) is 6. The second-order valence-corrected chi connectivity index (χ2v) is 8.19. The van der Waals surface area contributed by atoms with Gasteiger partial charge in [0, 0.05) is 17.8 Å². The van der Waals surface area contributed by atoms with Crippen LogP contribution in [0.15, 0.2) is 61.2 Å². The summed E-state index contributed by atoms with van der Waals surface area (Å²) in [6.07, 6.45) is -1.94. The van der Waals surface area contributed by atoms with E-state index in [1.807, 2.05) is 48.9 Å². The van der Waals surface area contributed by atoms with E-state index in [1.165, 1.54) is 23.4 Å². The Labute approximate surface area is 200 Å². The molecule has 0 saturated carbocycles. The summed E-state index contributed by atoms with van der Waals surface area (Å²) in [5.41, 5.74) is 3.11. The molecule has 2 heterocycles. The number of aromatic nitrogens is 5. The number of likely N-dealkylation sites (N-methyl/N-ethyl adjacent to an activating group) is 1. The van der Waals surface area contributed by atoms with E-state index in [2.05, 4.69) is 20.5 Å². The maximum absolute atomic E-state index is 13.3. The fourth-order valence-electron chi connectivity index (χ4n) is 3.83. The molecule has 8 nitrogen and oxygen atoms in total. The standard InChI is InChI=1S/C24H24F3N7O/c1-16-20(17(2)34(31-16)19-7-5-4-6-8-19)12-32(3)13-23(35)30-21-11-18(24(25,26)27)9-10-22(21)33-15-28-14-29-33/h4-11,14-15H,12-13H2,1-3H3,(H,30,35). The number of para-hydroxylation sites is 1. The molecule has 1 N–H and O–H groups in total. The highest BCUT2D eigenvalue weighted by molar-refractivity contribution is 5.94. The second-order valence-electron chi connectivity index (χ2n) is 8.19. The predicted molar refractivity (Wildman–Crippen MR) is 124 cm³/mol. The molecule has 0 spiro atoms. The molecular weight excluding hydrogens is 459 g/mol. The van der Waals surface area contributed by atoms with Crippen molar-refractivity contribution in [1.82, 2.24) is 29.4 Å². The van der Waals surface area contributed by atoms with Crippen molar-refractivity contribution in [2.75, 3.05) is 18.9 Å². The Morgan fingerprint density at radius 1 is 1.11 bits per heavy atom. The zero-order valence-electron chi connectivity index (χ0n) is 19.4. The van der Waals surface area contributed by atoms with Gasteiger partial charge in [-0.15, -0.1) is 0 Å². The number of halogens is 3. The van der Waals surface area contributed by atoms with Gasteiger partial charge in [-0.3, -0.25) is 9.69 Å². The Hall–Kier alpha value is -3.99. The van der Waals surface area contributed by atoms with E-state index in [-0.39, 0.29) is 17.9 Å². The first-order chi connectivity index (χ1) is 16.6. The lowest BCUT2D eigenvalue weighted by Crippen LogP contribution is -2.30. The Bertz CT molecular complexity index is 1320. The van der Waals surface area contributed by atoms with E-state index in [0.29, 0.717) is 6.54 Å². The van der Waals surface area contributed by atoms with Gasteiger partial charge in [0.2, 0.25) is 5.91 Å². The van der Waals surface area contributed by atoms with E-state index in [0.717, 1.165) is 34.8 Å². The lowest BCUT2D eigenvalue weighted by atomic mass is 10.1. The average Bonchev–Trinajstić information content (AvgIpc) is 3.43. The van der Waals surface area contributed by atoms with Gasteiger partial charge in [-0.05, 0) is 51.2 Å². The van der Waals surface area contributed by atoms with Gasteiger partial charge in [-0.25, -0.2) is 14.3 Å². The summed E-state index contributed by atoms with van der Waals surface area (Å²) in [6.45, 7) is 4.27. The molecule has 0 aliphatic rings. The summed E-state index contributed by atoms with van der Waals surface area (Å²) >= 11 is 0. The monoisotopic (exact) mass is 483 g/mol. The van der Waals surface area contributed by atoms with Crippen LogP contribution in [0.1, 0.15) is 22.5 Å². The topological polar surface area (TPSA) is 80.9 Å². The van der Waals surface area contributed by atoms with Crippen molar-refractivity contribution in [2.24, 2.45) is 0 Å². The van der Waals surface area contributed by atoms with E-state index >= 15 is 0 Å². The SMILES string of the molecule is Cc1nn(-c2ccccc2)c(C)c1CN(C)CC(=O)Nc1cc(C(F)(F)F)ccc1-n1cncn1. The van der Waals surface area contributed by atoms with Gasteiger partial charge in [0.05, 0.1) is 34.9 Å². The minimum Gasteiger partial charge on any atom is -0.323 e. The number of rotatable bonds is 7. The maximum atomic E-state index is 13.3. The first kappa shape index (κ1) is 24.1. The molecule has 2 aromatic carbocycles. The Balaban J connectivity index is 1.50. The predicted octanol–water partition coefficient (Wildman–Crippen LogP) is 4.16. The van der Waals surface area contributed by atoms with Gasteiger partial charge in [0.25, 0.3) is 0 Å². The smallest absolute Gasteiger partial charge is 0.323 e. The van der Waals surface area contributed by atoms with E-state index < -0.39 is 17.6 Å². The third-order valence-corrected chi connectivity index (χ3v) is 5.55. The first-order valence-corrected chi connectivity index (χ1v) is 10.8. The van der Waals surface area contributed by atoms with Crippen molar-refractivity contribution in [3.05, 3.63) is 83.7 Å². The quantitative estimate of drug-likeness (QED) is 0.427. The Kier molecular flexibility index (Phi) is 6.70. The van der Waals surface area contributed by atoms with Crippen LogP contribution in [-0.4, -0.2) is 48.9 Å². The van der Waals surface area contributed by atoms with Crippen LogP contribution in [0.2, 0.25) is 0 Å². The highest BCUT2D eigenvalue weighted by atomic mass is 19.4. The molecule has 0 aliphatic carbocycles. The molecule has 11 heteroatoms. The van der Waals surface area contributed by atoms with Crippen LogP contribution in [0.5, 0.6) is 0 Å². The Morgan fingerprint density at radius 3 is 2.51 bits per heavy atom. The van der Waals surface area contributed by atoms with Crippen LogP contribution in [0, 0.1) is 13.8 Å². The molecular formula is C24H24F3N7O. The number of alkyl halides is 3. The number of hydrogen-bond donors (Lipinski definition) is 1. The molecule has 0 unspecified atom stereocenters. The van der Waals surface area contributed by atoms with Gasteiger partial charge < -0.3 is 5.32 Å². The molecule has 0 bridgehead atoms. The number of nitrogens with one attached hydrogen (secondary N) is 1. The summed E-state index contributed by atoms with van der Waals surface area (Å²) in [5.74, 6) is -0.459. The molecule has 0 fully saturated rings. The zero-order valence-corrected chi connectivity index (χ0v) is 19.4. The number of carbonyl (C=O) groups is 1. The number of anilines is 1. The van der Waals surface area contributed by atoms with Crippen molar-refractivity contribution in [2.45, 2.75) is 26.6 Å². The number of benzene rings is 2. The lowest BCUT2D eigenvalue weighted by Gasteiger charge is -2.18. The number of carbonyl (C=O) groups excluding carboxylic acids is 1. The van der Waals surface area contributed by atoms with Gasteiger partial charge in [0.15, 0.2) is 0 Å². The molecule has 4 aromatic rings. The van der Waals surface area contributed by atoms with E-state index in [1.54, 1.807) is 11.9 Å². The van der Waals surface area contributed by atoms with Gasteiger partial charge in [-0.1, -0.05) is 18.2 Å². The molecule has 0 atom stereocenters. The average molecular weight is 483 g/mol. The fourth-order valence-corrected chi connectivity index (χ4v) is 3.83. The van der Waals surface area contributed by atoms with Gasteiger partial charge >= 0.3 is 6.18 Å². The summed E-state index contributed by atoms with van der Waals surface area (Å²) in [4.78, 5) is 18.4. The normalized spacial score (nSPS) is 11.7. The molecule has 0 aliphatic heterocycles. The lowest BCUT2D eigenvalue weighted by molar-refractivity contribution is -0.137. The van der Waals surface area contributed by atoms with E-state index in [9.17, 15) is 18.0 Å². The third-order valence-electron chi connectivity index (χ3n) is 5.55. The number of amides is 1. The van der Waals surface area contributed by atoms with Gasteiger partial charge in [0.1, 0.15) is 12.7 Å². The fraction of sp³-hybridized carbons (Fsp3) is 0.250. The molecule has 4 rings (SSSR count). The minimum atomic E-state index is -4.55. The van der Waals surface area contributed by atoms with Crippen molar-refractivity contribution < 1.29 is 18.0 Å². The van der Waals surface area contributed by atoms with Gasteiger partial charge in [-0.2, -0.15) is 23.4 Å². The van der Waals surface area contributed by atoms with Crippen molar-refractivity contribution >= 4 is 11.6 Å². The van der Waals surface area contributed by atoms with Crippen LogP contribution in [0.3, 0.4) is 0 Å². The van der Waals surface area contributed by atoms with Crippen molar-refractivity contribution in [3.63, 3.8) is 0 Å². The summed E-state index contributed by atoms with van der Waals surface area (Å²) in [7, 11) is 1.77. The minimum absolute atomic E-state index is 0.00650. The molecule has 1 amide bonds. The summed E-state index contributed by atoms with van der Waals surface area (Å²) in [6, 6.07) is 12.8.